The van der Waals surface area contributed by atoms with E-state index in [4.69, 9.17) is 0 Å². The predicted octanol–water partition coefficient (Wildman–Crippen LogP) is 4.72. The molecule has 0 bridgehead atoms. The number of carbonyl (C=O) groups is 1. The maximum atomic E-state index is 13.1. The number of hydrogen-bond acceptors (Lipinski definition) is 2. The molecule has 0 aromatic heterocycles. The zero-order valence-corrected chi connectivity index (χ0v) is 17.2. The van der Waals surface area contributed by atoms with Gasteiger partial charge in [0, 0.05) is 32.1 Å². The van der Waals surface area contributed by atoms with Gasteiger partial charge in [0.05, 0.1) is 6.04 Å². The molecular weight excluding hydrogens is 368 g/mol. The quantitative estimate of drug-likeness (QED) is 0.623. The smallest absolute Gasteiger partial charge is 0.226 e. The average Bonchev–Trinajstić information content (AvgIpc) is 3.62. The van der Waals surface area contributed by atoms with E-state index in [0.717, 1.165) is 32.6 Å². The molecule has 2 aliphatic rings. The Labute approximate surface area is 178 Å². The molecule has 3 nitrogen and oxygen atoms in total. The Balaban J connectivity index is 1.26. The number of carbonyl (C=O) groups excluding carboxylic acids is 1. The van der Waals surface area contributed by atoms with Gasteiger partial charge < -0.3 is 4.90 Å². The maximum Gasteiger partial charge on any atom is 0.226 e. The van der Waals surface area contributed by atoms with E-state index in [2.05, 4.69) is 94.7 Å². The van der Waals surface area contributed by atoms with Gasteiger partial charge in [0.2, 0.25) is 5.91 Å². The number of nitrogens with zero attached hydrogens (tertiary/aromatic N) is 2. The first kappa shape index (κ1) is 19.1. The van der Waals surface area contributed by atoms with Crippen LogP contribution in [0.25, 0.3) is 0 Å². The normalized spacial score (nSPS) is 21.6. The van der Waals surface area contributed by atoms with Gasteiger partial charge in [0.1, 0.15) is 0 Å². The second-order valence-corrected chi connectivity index (χ2v) is 8.44. The first-order valence-electron chi connectivity index (χ1n) is 11.0. The van der Waals surface area contributed by atoms with Crippen molar-refractivity contribution in [3.05, 3.63) is 108 Å². The van der Waals surface area contributed by atoms with E-state index < -0.39 is 0 Å². The lowest BCUT2D eigenvalue weighted by Gasteiger charge is -2.40. The summed E-state index contributed by atoms with van der Waals surface area (Å²) in [7, 11) is 0. The summed E-state index contributed by atoms with van der Waals surface area (Å²) in [5.41, 5.74) is 3.94. The van der Waals surface area contributed by atoms with Crippen LogP contribution in [-0.4, -0.2) is 41.9 Å². The van der Waals surface area contributed by atoms with Crippen LogP contribution >= 0.6 is 0 Å². The third-order valence-electron chi connectivity index (χ3n) is 6.56. The molecule has 5 rings (SSSR count). The van der Waals surface area contributed by atoms with Crippen LogP contribution in [0.4, 0.5) is 0 Å². The van der Waals surface area contributed by atoms with E-state index in [9.17, 15) is 4.79 Å². The average molecular weight is 397 g/mol. The third kappa shape index (κ3) is 3.90. The molecule has 1 amide bonds. The molecule has 2 fully saturated rings. The Morgan fingerprint density at radius 3 is 1.73 bits per heavy atom. The molecule has 0 N–H and O–H groups in total. The maximum absolute atomic E-state index is 13.1. The highest BCUT2D eigenvalue weighted by Gasteiger charge is 2.46. The summed E-state index contributed by atoms with van der Waals surface area (Å²) < 4.78 is 0. The highest BCUT2D eigenvalue weighted by atomic mass is 16.2. The third-order valence-corrected chi connectivity index (χ3v) is 6.56. The predicted molar refractivity (Wildman–Crippen MR) is 120 cm³/mol. The minimum atomic E-state index is 0.179. The summed E-state index contributed by atoms with van der Waals surface area (Å²) in [6, 6.07) is 32.2. The van der Waals surface area contributed by atoms with Crippen LogP contribution in [0.3, 0.4) is 0 Å². The second kappa shape index (κ2) is 8.45. The largest absolute Gasteiger partial charge is 0.340 e. The monoisotopic (exact) mass is 396 g/mol. The fraction of sp³-hybridized carbons (Fsp3) is 0.296. The number of amides is 1. The van der Waals surface area contributed by atoms with Gasteiger partial charge in [-0.2, -0.15) is 0 Å². The Bertz CT molecular complexity index is 926. The van der Waals surface area contributed by atoms with Crippen molar-refractivity contribution in [3.8, 4) is 0 Å². The van der Waals surface area contributed by atoms with Crippen molar-refractivity contribution in [3.63, 3.8) is 0 Å². The minimum absolute atomic E-state index is 0.179. The van der Waals surface area contributed by atoms with Crippen molar-refractivity contribution < 1.29 is 4.79 Å². The standard InChI is InChI=1S/C27H28N2O/c30-27(25-20-24(25)21-10-4-1-5-11-21)29-18-16-28(17-19-29)26(22-12-6-2-7-13-22)23-14-8-3-9-15-23/h1-15,24-26H,16-20H2/t24-,25-/m1/s1. The fourth-order valence-corrected chi connectivity index (χ4v) is 4.86. The van der Waals surface area contributed by atoms with Gasteiger partial charge in [-0.05, 0) is 29.0 Å². The van der Waals surface area contributed by atoms with Gasteiger partial charge >= 0.3 is 0 Å². The molecule has 1 aliphatic carbocycles. The van der Waals surface area contributed by atoms with Gasteiger partial charge in [-0.25, -0.2) is 0 Å². The Morgan fingerprint density at radius 2 is 1.20 bits per heavy atom. The van der Waals surface area contributed by atoms with Gasteiger partial charge in [0.15, 0.2) is 0 Å². The molecule has 30 heavy (non-hydrogen) atoms. The molecule has 3 aromatic carbocycles. The molecule has 3 aromatic rings. The van der Waals surface area contributed by atoms with Crippen molar-refractivity contribution in [2.75, 3.05) is 26.2 Å². The number of rotatable bonds is 5. The summed E-state index contributed by atoms with van der Waals surface area (Å²) in [6.07, 6.45) is 1.000. The number of hydrogen-bond donors (Lipinski definition) is 0. The van der Waals surface area contributed by atoms with Gasteiger partial charge in [-0.15, -0.1) is 0 Å². The topological polar surface area (TPSA) is 23.6 Å². The molecule has 0 spiro atoms. The molecule has 152 valence electrons. The fourth-order valence-electron chi connectivity index (χ4n) is 4.86. The molecule has 3 heteroatoms. The highest BCUT2D eigenvalue weighted by Crippen LogP contribution is 2.48. The first-order chi connectivity index (χ1) is 14.8. The van der Waals surface area contributed by atoms with Crippen molar-refractivity contribution in [2.45, 2.75) is 18.4 Å². The van der Waals surface area contributed by atoms with E-state index in [1.54, 1.807) is 0 Å². The van der Waals surface area contributed by atoms with Gasteiger partial charge in [-0.3, -0.25) is 9.69 Å². The molecular formula is C27H28N2O. The van der Waals surface area contributed by atoms with Crippen LogP contribution < -0.4 is 0 Å². The summed E-state index contributed by atoms with van der Waals surface area (Å²) in [5, 5.41) is 0. The molecule has 1 saturated heterocycles. The molecule has 1 aliphatic heterocycles. The lowest BCUT2D eigenvalue weighted by atomic mass is 9.96. The Hall–Kier alpha value is -2.91. The minimum Gasteiger partial charge on any atom is -0.340 e. The zero-order chi connectivity index (χ0) is 20.3. The molecule has 1 saturated carbocycles. The molecule has 0 unspecified atom stereocenters. The van der Waals surface area contributed by atoms with Crippen molar-refractivity contribution >= 4 is 5.91 Å². The second-order valence-electron chi connectivity index (χ2n) is 8.44. The summed E-state index contributed by atoms with van der Waals surface area (Å²) in [6.45, 7) is 3.44. The summed E-state index contributed by atoms with van der Waals surface area (Å²) in [5.74, 6) is 0.940. The Morgan fingerprint density at radius 1 is 0.700 bits per heavy atom. The van der Waals surface area contributed by atoms with Crippen molar-refractivity contribution in [1.29, 1.82) is 0 Å². The van der Waals surface area contributed by atoms with Crippen LogP contribution in [-0.2, 0) is 4.79 Å². The Kier molecular flexibility index (Phi) is 5.37. The van der Waals surface area contributed by atoms with E-state index in [1.165, 1.54) is 16.7 Å². The summed E-state index contributed by atoms with van der Waals surface area (Å²) in [4.78, 5) is 17.7. The molecule has 1 heterocycles. The van der Waals surface area contributed by atoms with Crippen molar-refractivity contribution in [1.82, 2.24) is 9.80 Å². The van der Waals surface area contributed by atoms with Gasteiger partial charge in [-0.1, -0.05) is 91.0 Å². The molecule has 0 radical (unpaired) electrons. The van der Waals surface area contributed by atoms with E-state index in [1.807, 2.05) is 6.07 Å². The van der Waals surface area contributed by atoms with Gasteiger partial charge in [0.25, 0.3) is 0 Å². The SMILES string of the molecule is O=C([C@@H]1C[C@@H]1c1ccccc1)N1CCN(C(c2ccccc2)c2ccccc2)CC1. The summed E-state index contributed by atoms with van der Waals surface area (Å²) >= 11 is 0. The van der Waals surface area contributed by atoms with E-state index in [0.29, 0.717) is 11.8 Å². The van der Waals surface area contributed by atoms with E-state index >= 15 is 0 Å². The van der Waals surface area contributed by atoms with E-state index in [-0.39, 0.29) is 12.0 Å². The number of benzene rings is 3. The lowest BCUT2D eigenvalue weighted by molar-refractivity contribution is -0.134. The van der Waals surface area contributed by atoms with Crippen molar-refractivity contribution in [2.24, 2.45) is 5.92 Å². The van der Waals surface area contributed by atoms with Crippen LogP contribution in [0.2, 0.25) is 0 Å². The zero-order valence-electron chi connectivity index (χ0n) is 17.2. The number of piperazine rings is 1. The first-order valence-corrected chi connectivity index (χ1v) is 11.0. The van der Waals surface area contributed by atoms with Crippen LogP contribution in [0.15, 0.2) is 91.0 Å². The molecule has 2 atom stereocenters. The van der Waals surface area contributed by atoms with Crippen LogP contribution in [0.1, 0.15) is 35.1 Å². The highest BCUT2D eigenvalue weighted by molar-refractivity contribution is 5.83. The van der Waals surface area contributed by atoms with Crippen LogP contribution in [0.5, 0.6) is 0 Å². The van der Waals surface area contributed by atoms with Crippen LogP contribution in [0, 0.1) is 5.92 Å². The lowest BCUT2D eigenvalue weighted by Crippen LogP contribution is -2.50.